The molecule has 2 heterocycles. The van der Waals surface area contributed by atoms with Gasteiger partial charge in [0.05, 0.1) is 12.2 Å². The number of hydrogen-bond acceptors (Lipinski definition) is 8. The minimum absolute atomic E-state index is 0.166. The fourth-order valence-corrected chi connectivity index (χ4v) is 2.69. The Kier molecular flexibility index (Phi) is 5.53. The number of carbonyl (C=O) groups is 1. The summed E-state index contributed by atoms with van der Waals surface area (Å²) in [6.07, 6.45) is 0. The van der Waals surface area contributed by atoms with E-state index in [9.17, 15) is 4.79 Å². The summed E-state index contributed by atoms with van der Waals surface area (Å²) in [6.45, 7) is 5.96. The SMILES string of the molecule is Cc1nnc(CN(C)C(=O)c2cccc(-c3cc(NC(C)C)nc(N)n3)c2)o1. The maximum atomic E-state index is 12.8. The molecule has 0 aliphatic heterocycles. The second-order valence-electron chi connectivity index (χ2n) is 6.75. The van der Waals surface area contributed by atoms with Crippen molar-refractivity contribution < 1.29 is 9.21 Å². The average Bonchev–Trinajstić information content (AvgIpc) is 3.04. The van der Waals surface area contributed by atoms with Crippen molar-refractivity contribution in [3.8, 4) is 11.3 Å². The first-order valence-corrected chi connectivity index (χ1v) is 8.88. The van der Waals surface area contributed by atoms with Gasteiger partial charge in [-0.3, -0.25) is 4.79 Å². The molecule has 3 aromatic rings. The molecule has 0 saturated carbocycles. The molecule has 9 heteroatoms. The maximum Gasteiger partial charge on any atom is 0.254 e. The number of rotatable bonds is 6. The number of nitrogen functional groups attached to an aromatic ring is 1. The molecule has 0 bridgehead atoms. The van der Waals surface area contributed by atoms with Gasteiger partial charge in [0.1, 0.15) is 5.82 Å². The number of nitrogens with zero attached hydrogens (tertiary/aromatic N) is 5. The molecule has 1 amide bonds. The quantitative estimate of drug-likeness (QED) is 0.667. The molecule has 3 N–H and O–H groups in total. The van der Waals surface area contributed by atoms with Crippen molar-refractivity contribution in [3.05, 3.63) is 47.7 Å². The van der Waals surface area contributed by atoms with Gasteiger partial charge in [0.15, 0.2) is 0 Å². The molecule has 0 spiro atoms. The molecular weight excluding hydrogens is 358 g/mol. The van der Waals surface area contributed by atoms with E-state index in [1.165, 1.54) is 4.90 Å². The summed E-state index contributed by atoms with van der Waals surface area (Å²) in [6, 6.07) is 9.22. The monoisotopic (exact) mass is 381 g/mol. The van der Waals surface area contributed by atoms with E-state index in [1.807, 2.05) is 26.0 Å². The third-order valence-electron chi connectivity index (χ3n) is 3.87. The van der Waals surface area contributed by atoms with E-state index in [1.54, 1.807) is 32.2 Å². The predicted octanol–water partition coefficient (Wildman–Crippen LogP) is 2.51. The Morgan fingerprint density at radius 2 is 2.04 bits per heavy atom. The molecule has 0 fully saturated rings. The number of aryl methyl sites for hydroxylation is 1. The summed E-state index contributed by atoms with van der Waals surface area (Å²) in [5, 5.41) is 10.9. The molecule has 0 aliphatic rings. The van der Waals surface area contributed by atoms with Crippen LogP contribution in [0, 0.1) is 6.92 Å². The fraction of sp³-hybridized carbons (Fsp3) is 0.316. The summed E-state index contributed by atoms with van der Waals surface area (Å²) < 4.78 is 5.34. The van der Waals surface area contributed by atoms with E-state index in [4.69, 9.17) is 10.2 Å². The number of hydrogen-bond donors (Lipinski definition) is 2. The van der Waals surface area contributed by atoms with Gasteiger partial charge in [0.2, 0.25) is 17.7 Å². The van der Waals surface area contributed by atoms with Crippen LogP contribution in [0.25, 0.3) is 11.3 Å². The Balaban J connectivity index is 1.83. The molecule has 146 valence electrons. The van der Waals surface area contributed by atoms with Crippen LogP contribution in [0.1, 0.15) is 36.0 Å². The summed E-state index contributed by atoms with van der Waals surface area (Å²) in [4.78, 5) is 22.8. The third-order valence-corrected chi connectivity index (χ3v) is 3.87. The number of benzene rings is 1. The fourth-order valence-electron chi connectivity index (χ4n) is 2.69. The average molecular weight is 381 g/mol. The lowest BCUT2D eigenvalue weighted by atomic mass is 10.1. The lowest BCUT2D eigenvalue weighted by molar-refractivity contribution is 0.0772. The van der Waals surface area contributed by atoms with Crippen LogP contribution in [0.5, 0.6) is 0 Å². The van der Waals surface area contributed by atoms with Crippen LogP contribution >= 0.6 is 0 Å². The molecule has 1 aromatic carbocycles. The van der Waals surface area contributed by atoms with Crippen LogP contribution in [-0.4, -0.2) is 44.1 Å². The summed E-state index contributed by atoms with van der Waals surface area (Å²) >= 11 is 0. The molecule has 0 unspecified atom stereocenters. The van der Waals surface area contributed by atoms with E-state index in [0.29, 0.717) is 28.9 Å². The van der Waals surface area contributed by atoms with Crippen LogP contribution in [0.4, 0.5) is 11.8 Å². The van der Waals surface area contributed by atoms with Gasteiger partial charge in [-0.15, -0.1) is 10.2 Å². The molecular formula is C19H23N7O2. The molecule has 2 aromatic heterocycles. The summed E-state index contributed by atoms with van der Waals surface area (Å²) in [5.74, 6) is 1.49. The second kappa shape index (κ2) is 8.03. The molecule has 0 atom stereocenters. The van der Waals surface area contributed by atoms with Gasteiger partial charge in [-0.2, -0.15) is 4.98 Å². The highest BCUT2D eigenvalue weighted by molar-refractivity contribution is 5.95. The zero-order valence-corrected chi connectivity index (χ0v) is 16.3. The van der Waals surface area contributed by atoms with Crippen LogP contribution in [0.15, 0.2) is 34.7 Å². The van der Waals surface area contributed by atoms with Crippen LogP contribution in [0.2, 0.25) is 0 Å². The number of aromatic nitrogens is 4. The molecule has 0 saturated heterocycles. The standard InChI is InChI=1S/C19H23N7O2/c1-11(2)21-16-9-15(22-19(20)23-16)13-6-5-7-14(8-13)18(27)26(4)10-17-25-24-12(3)28-17/h5-9,11H,10H2,1-4H3,(H3,20,21,22,23). The summed E-state index contributed by atoms with van der Waals surface area (Å²) in [7, 11) is 1.68. The summed E-state index contributed by atoms with van der Waals surface area (Å²) in [5.41, 5.74) is 7.78. The van der Waals surface area contributed by atoms with Crippen LogP contribution in [0.3, 0.4) is 0 Å². The van der Waals surface area contributed by atoms with Crippen LogP contribution < -0.4 is 11.1 Å². The van der Waals surface area contributed by atoms with E-state index >= 15 is 0 Å². The van der Waals surface area contributed by atoms with Crippen LogP contribution in [-0.2, 0) is 6.54 Å². The molecule has 9 nitrogen and oxygen atoms in total. The van der Waals surface area contributed by atoms with E-state index < -0.39 is 0 Å². The van der Waals surface area contributed by atoms with E-state index in [2.05, 4.69) is 25.5 Å². The Morgan fingerprint density at radius 1 is 1.25 bits per heavy atom. The highest BCUT2D eigenvalue weighted by Crippen LogP contribution is 2.23. The van der Waals surface area contributed by atoms with Gasteiger partial charge in [0, 0.05) is 37.2 Å². The van der Waals surface area contributed by atoms with Gasteiger partial charge in [0.25, 0.3) is 5.91 Å². The van der Waals surface area contributed by atoms with Gasteiger partial charge in [-0.1, -0.05) is 12.1 Å². The predicted molar refractivity (Wildman–Crippen MR) is 105 cm³/mol. The number of nitrogens with one attached hydrogen (secondary N) is 1. The van der Waals surface area contributed by atoms with Crippen molar-refractivity contribution in [2.75, 3.05) is 18.1 Å². The number of anilines is 2. The molecule has 0 radical (unpaired) electrons. The first-order valence-electron chi connectivity index (χ1n) is 8.88. The van der Waals surface area contributed by atoms with Crippen molar-refractivity contribution in [2.45, 2.75) is 33.4 Å². The number of nitrogens with two attached hydrogens (primary N) is 1. The zero-order chi connectivity index (χ0) is 20.3. The van der Waals surface area contributed by atoms with Gasteiger partial charge in [-0.25, -0.2) is 4.98 Å². The van der Waals surface area contributed by atoms with Crippen molar-refractivity contribution in [2.24, 2.45) is 0 Å². The van der Waals surface area contributed by atoms with Crippen molar-refractivity contribution >= 4 is 17.7 Å². The first-order chi connectivity index (χ1) is 13.3. The van der Waals surface area contributed by atoms with E-state index in [-0.39, 0.29) is 24.4 Å². The third kappa shape index (κ3) is 4.61. The number of carbonyl (C=O) groups excluding carboxylic acids is 1. The molecule has 28 heavy (non-hydrogen) atoms. The Morgan fingerprint density at radius 3 is 2.71 bits per heavy atom. The largest absolute Gasteiger partial charge is 0.424 e. The highest BCUT2D eigenvalue weighted by atomic mass is 16.4. The lowest BCUT2D eigenvalue weighted by Crippen LogP contribution is -2.26. The zero-order valence-electron chi connectivity index (χ0n) is 16.3. The lowest BCUT2D eigenvalue weighted by Gasteiger charge is -2.16. The van der Waals surface area contributed by atoms with Gasteiger partial charge >= 0.3 is 0 Å². The Hall–Kier alpha value is -3.49. The van der Waals surface area contributed by atoms with Gasteiger partial charge in [-0.05, 0) is 26.0 Å². The Bertz CT molecular complexity index is 984. The van der Waals surface area contributed by atoms with Crippen molar-refractivity contribution in [1.82, 2.24) is 25.1 Å². The van der Waals surface area contributed by atoms with Crippen molar-refractivity contribution in [3.63, 3.8) is 0 Å². The molecule has 3 rings (SSSR count). The topological polar surface area (TPSA) is 123 Å². The minimum atomic E-state index is -0.166. The molecule has 0 aliphatic carbocycles. The van der Waals surface area contributed by atoms with E-state index in [0.717, 1.165) is 5.56 Å². The van der Waals surface area contributed by atoms with Crippen molar-refractivity contribution in [1.29, 1.82) is 0 Å². The maximum absolute atomic E-state index is 12.8. The normalized spacial score (nSPS) is 10.9. The van der Waals surface area contributed by atoms with Gasteiger partial charge < -0.3 is 20.4 Å². The second-order valence-corrected chi connectivity index (χ2v) is 6.75. The smallest absolute Gasteiger partial charge is 0.254 e. The highest BCUT2D eigenvalue weighted by Gasteiger charge is 2.16. The number of amides is 1. The Labute approximate surface area is 163 Å². The first kappa shape index (κ1) is 19.3. The minimum Gasteiger partial charge on any atom is -0.424 e.